The van der Waals surface area contributed by atoms with Gasteiger partial charge in [0.25, 0.3) is 11.6 Å². The lowest BCUT2D eigenvalue weighted by atomic mass is 10.0. The van der Waals surface area contributed by atoms with E-state index in [0.717, 1.165) is 8.95 Å². The van der Waals surface area contributed by atoms with E-state index in [-0.39, 0.29) is 34.2 Å². The Balaban J connectivity index is 1.31. The first-order valence-electron chi connectivity index (χ1n) is 14.6. The minimum absolute atomic E-state index is 0.0857. The summed E-state index contributed by atoms with van der Waals surface area (Å²) in [5.41, 5.74) is 3.24. The van der Waals surface area contributed by atoms with Crippen LogP contribution in [-0.2, 0) is 19.2 Å². The SMILES string of the molecule is O=C1C(=O)N(c2cccc(Br)c2)C(=S)/C1=C(\NCCN/C(=C1/C(=O)C(=O)N(c2cccc(Br)c2)C1=S)c1ccccc1)c1ccccc1. The molecule has 0 atom stereocenters. The maximum Gasteiger partial charge on any atom is 0.304 e. The molecule has 6 rings (SSSR count). The van der Waals surface area contributed by atoms with Crippen LogP contribution in [0.3, 0.4) is 0 Å². The van der Waals surface area contributed by atoms with Gasteiger partial charge in [-0.3, -0.25) is 29.0 Å². The van der Waals surface area contributed by atoms with Crippen LogP contribution in [0.1, 0.15) is 11.1 Å². The molecule has 2 N–H and O–H groups in total. The number of hydrogen-bond acceptors (Lipinski definition) is 8. The van der Waals surface area contributed by atoms with Crippen LogP contribution >= 0.6 is 56.3 Å². The van der Waals surface area contributed by atoms with Crippen LogP contribution in [0.2, 0.25) is 0 Å². The molecule has 2 fully saturated rings. The standard InChI is InChI=1S/C36H24Br2N4O4S2/c37-23-13-7-15-25(19-23)41-33(45)31(43)27(35(41)47)29(21-9-3-1-4-10-21)39-17-18-40-30(22-11-5-2-6-12-22)28-32(44)34(46)42(36(28)48)26-16-8-14-24(38)20-26/h1-16,19-20,39-40H,17-18H2/b29-27-,30-28-. The molecule has 0 radical (unpaired) electrons. The van der Waals surface area contributed by atoms with Crippen LogP contribution in [0.5, 0.6) is 0 Å². The fourth-order valence-electron chi connectivity index (χ4n) is 5.41. The van der Waals surface area contributed by atoms with Crippen LogP contribution in [-0.4, -0.2) is 46.4 Å². The molecule has 4 aromatic rings. The number of carbonyl (C=O) groups excluding carboxylic acids is 4. The smallest absolute Gasteiger partial charge is 0.304 e. The van der Waals surface area contributed by atoms with Gasteiger partial charge in [-0.05, 0) is 47.5 Å². The van der Waals surface area contributed by atoms with Crippen LogP contribution in [0, 0.1) is 0 Å². The molecule has 2 aliphatic rings. The van der Waals surface area contributed by atoms with Crippen molar-refractivity contribution >= 4 is 112 Å². The maximum atomic E-state index is 13.5. The number of rotatable bonds is 9. The first-order valence-corrected chi connectivity index (χ1v) is 17.0. The summed E-state index contributed by atoms with van der Waals surface area (Å²) in [5, 5.41) is 6.62. The van der Waals surface area contributed by atoms with Crippen molar-refractivity contribution in [3.63, 3.8) is 0 Å². The summed E-state index contributed by atoms with van der Waals surface area (Å²) in [6.07, 6.45) is 0. The second-order valence-corrected chi connectivity index (χ2v) is 13.2. The van der Waals surface area contributed by atoms with Gasteiger partial charge in [0, 0.05) is 22.0 Å². The molecule has 0 spiro atoms. The van der Waals surface area contributed by atoms with E-state index in [4.69, 9.17) is 24.4 Å². The first-order chi connectivity index (χ1) is 23.2. The molecule has 2 amide bonds. The molecule has 12 heteroatoms. The third kappa shape index (κ3) is 6.44. The van der Waals surface area contributed by atoms with Crippen molar-refractivity contribution in [3.8, 4) is 0 Å². The summed E-state index contributed by atoms with van der Waals surface area (Å²) in [6, 6.07) is 32.3. The number of benzene rings is 4. The summed E-state index contributed by atoms with van der Waals surface area (Å²) >= 11 is 18.3. The highest BCUT2D eigenvalue weighted by Crippen LogP contribution is 2.32. The molecule has 48 heavy (non-hydrogen) atoms. The molecule has 2 heterocycles. The van der Waals surface area contributed by atoms with Crippen molar-refractivity contribution in [3.05, 3.63) is 140 Å². The van der Waals surface area contributed by atoms with E-state index < -0.39 is 23.4 Å². The van der Waals surface area contributed by atoms with Gasteiger partial charge in [-0.15, -0.1) is 0 Å². The fourth-order valence-corrected chi connectivity index (χ4v) is 6.95. The number of nitrogens with zero attached hydrogens (tertiary/aromatic N) is 2. The number of ketones is 2. The molecular formula is C36H24Br2N4O4S2. The highest BCUT2D eigenvalue weighted by Gasteiger charge is 2.44. The van der Waals surface area contributed by atoms with Crippen LogP contribution in [0.25, 0.3) is 11.4 Å². The fraction of sp³-hybridized carbons (Fsp3) is 0.0556. The van der Waals surface area contributed by atoms with E-state index in [1.54, 1.807) is 36.4 Å². The zero-order chi connectivity index (χ0) is 33.9. The van der Waals surface area contributed by atoms with E-state index in [0.29, 0.717) is 33.9 Å². The van der Waals surface area contributed by atoms with Crippen molar-refractivity contribution in [1.82, 2.24) is 10.6 Å². The topological polar surface area (TPSA) is 98.8 Å². The predicted octanol–water partition coefficient (Wildman–Crippen LogP) is 6.40. The Morgan fingerprint density at radius 2 is 0.917 bits per heavy atom. The van der Waals surface area contributed by atoms with Gasteiger partial charge in [-0.1, -0.05) is 129 Å². The number of nitrogens with one attached hydrogen (secondary N) is 2. The third-order valence-electron chi connectivity index (χ3n) is 7.57. The molecule has 8 nitrogen and oxygen atoms in total. The second-order valence-electron chi connectivity index (χ2n) is 10.6. The molecule has 0 bridgehead atoms. The Morgan fingerprint density at radius 1 is 0.542 bits per heavy atom. The Hall–Kier alpha value is -4.62. The number of hydrogen-bond donors (Lipinski definition) is 2. The van der Waals surface area contributed by atoms with Crippen LogP contribution in [0.15, 0.2) is 129 Å². The monoisotopic (exact) mass is 798 g/mol. The zero-order valence-electron chi connectivity index (χ0n) is 24.9. The quantitative estimate of drug-likeness (QED) is 0.0870. The van der Waals surface area contributed by atoms with Gasteiger partial charge in [0.15, 0.2) is 0 Å². The molecule has 238 valence electrons. The average molecular weight is 801 g/mol. The van der Waals surface area contributed by atoms with Crippen molar-refractivity contribution in [2.75, 3.05) is 22.9 Å². The number of thiocarbonyl (C=S) groups is 2. The minimum Gasteiger partial charge on any atom is -0.382 e. The summed E-state index contributed by atoms with van der Waals surface area (Å²) in [4.78, 5) is 56.1. The normalized spacial score (nSPS) is 17.0. The Morgan fingerprint density at radius 3 is 1.27 bits per heavy atom. The first kappa shape index (κ1) is 33.3. The Labute approximate surface area is 303 Å². The van der Waals surface area contributed by atoms with Gasteiger partial charge in [0.2, 0.25) is 0 Å². The number of halogens is 2. The van der Waals surface area contributed by atoms with Crippen molar-refractivity contribution < 1.29 is 19.2 Å². The lowest BCUT2D eigenvalue weighted by Crippen LogP contribution is -2.30. The number of anilines is 2. The predicted molar refractivity (Wildman–Crippen MR) is 201 cm³/mol. The van der Waals surface area contributed by atoms with Crippen LogP contribution in [0.4, 0.5) is 11.4 Å². The second kappa shape index (κ2) is 14.2. The molecule has 0 saturated carbocycles. The van der Waals surface area contributed by atoms with Gasteiger partial charge >= 0.3 is 11.8 Å². The highest BCUT2D eigenvalue weighted by atomic mass is 79.9. The Kier molecular flexibility index (Phi) is 9.88. The van der Waals surface area contributed by atoms with Gasteiger partial charge in [0.05, 0.1) is 33.9 Å². The molecule has 2 aliphatic heterocycles. The molecule has 0 aromatic heterocycles. The molecule has 0 unspecified atom stereocenters. The van der Waals surface area contributed by atoms with Crippen LogP contribution < -0.4 is 20.4 Å². The van der Waals surface area contributed by atoms with Gasteiger partial charge in [-0.25, -0.2) is 0 Å². The number of amides is 2. The molecule has 2 saturated heterocycles. The van der Waals surface area contributed by atoms with E-state index in [1.807, 2.05) is 72.8 Å². The van der Waals surface area contributed by atoms with Gasteiger partial charge in [0.1, 0.15) is 9.98 Å². The third-order valence-corrected chi connectivity index (χ3v) is 9.33. The Bertz CT molecular complexity index is 1930. The molecular weight excluding hydrogens is 776 g/mol. The summed E-state index contributed by atoms with van der Waals surface area (Å²) < 4.78 is 1.47. The summed E-state index contributed by atoms with van der Waals surface area (Å²) in [5.74, 6) is -2.94. The maximum absolute atomic E-state index is 13.5. The average Bonchev–Trinajstić information content (AvgIpc) is 3.44. The van der Waals surface area contributed by atoms with Crippen molar-refractivity contribution in [2.24, 2.45) is 0 Å². The highest BCUT2D eigenvalue weighted by molar-refractivity contribution is 9.10. The van der Waals surface area contributed by atoms with E-state index in [1.165, 1.54) is 9.80 Å². The lowest BCUT2D eigenvalue weighted by Gasteiger charge is -2.19. The molecule has 4 aromatic carbocycles. The van der Waals surface area contributed by atoms with Gasteiger partial charge < -0.3 is 10.6 Å². The number of carbonyl (C=O) groups is 4. The van der Waals surface area contributed by atoms with Crippen molar-refractivity contribution in [2.45, 2.75) is 0 Å². The zero-order valence-corrected chi connectivity index (χ0v) is 29.7. The molecule has 0 aliphatic carbocycles. The van der Waals surface area contributed by atoms with Gasteiger partial charge in [-0.2, -0.15) is 0 Å². The largest absolute Gasteiger partial charge is 0.382 e. The van der Waals surface area contributed by atoms with Crippen molar-refractivity contribution in [1.29, 1.82) is 0 Å². The summed E-state index contributed by atoms with van der Waals surface area (Å²) in [7, 11) is 0. The van der Waals surface area contributed by atoms with E-state index in [2.05, 4.69) is 42.5 Å². The minimum atomic E-state index is -0.745. The van der Waals surface area contributed by atoms with E-state index >= 15 is 0 Å². The summed E-state index contributed by atoms with van der Waals surface area (Å²) in [6.45, 7) is 0.477. The van der Waals surface area contributed by atoms with E-state index in [9.17, 15) is 19.2 Å². The number of Topliss-reactive ketones (excluding diaryl/α,β-unsaturated/α-hetero) is 2. The lowest BCUT2D eigenvalue weighted by molar-refractivity contribution is -0.132.